The number of carbonyl (C=O) groups is 7. The number of aryl methyl sites for hydroxylation is 1. The molecule has 5 aliphatic heterocycles. The molecule has 142 heavy (non-hydrogen) atoms. The molecule has 5 aliphatic rings. The number of alkyl halides is 3. The van der Waals surface area contributed by atoms with Crippen LogP contribution in [-0.2, 0) is 51.4 Å². The largest absolute Gasteiger partial charge is 0.573 e. The number of aromatic nitrogens is 7. The number of rotatable bonds is 26. The summed E-state index contributed by atoms with van der Waals surface area (Å²) in [7, 11) is 0. The molecule has 8 unspecified atom stereocenters. The Morgan fingerprint density at radius 2 is 0.824 bits per heavy atom. The number of nitrogens with zero attached hydrogens (tertiary/aromatic N) is 12. The van der Waals surface area contributed by atoms with Crippen LogP contribution in [0.1, 0.15) is 157 Å². The summed E-state index contributed by atoms with van der Waals surface area (Å²) in [5.41, 5.74) is -4.73. The van der Waals surface area contributed by atoms with E-state index in [9.17, 15) is 102 Å². The molecule has 4 aromatic carbocycles. The van der Waals surface area contributed by atoms with Crippen molar-refractivity contribution in [2.75, 3.05) is 54.0 Å². The summed E-state index contributed by atoms with van der Waals surface area (Å²) >= 11 is 21.5. The number of aliphatic imine (C=N–C) groups is 1. The predicted octanol–water partition coefficient (Wildman–Crippen LogP) is 21.5. The number of hydrogen-bond acceptors (Lipinski definition) is 24. The van der Waals surface area contributed by atoms with Crippen molar-refractivity contribution in [3.63, 3.8) is 0 Å². The highest BCUT2D eigenvalue weighted by molar-refractivity contribution is 7.15. The lowest BCUT2D eigenvalue weighted by molar-refractivity contribution is -0.275. The van der Waals surface area contributed by atoms with E-state index in [1.807, 2.05) is 31.7 Å². The Bertz CT molecular complexity index is 6580. The standard InChI is InChI=1S/C25H25ClF2N4O3.C25H25F5N4O3S.C24H23ClF2N4O3S.C23H21ClF2N4O3S/c1-14-10-21(29-13-14)31-20-7-6-18(27)19(30-20)12-25(24(34)35)8-9-32(15(2)11-25)23(33)16-4-3-5-17(26)22(16)28;1-2-16-12-24(22(35)36,13-18-17(26)6-7-20(32-18)33-23-31-9-11-38-23)8-10-34(16)14-15-4-3-5-19(21(15)27)37-25(28,29)30;1-13-10-24(22(33)34,8-9-31(13)21(32)15-4-3-5-16(25)20(15)27)11-18-17(26)6-7-19(29-18)30-23-28-12-14(2)35-23;1-13-11-23(21(32)33,7-9-30(13)20(31)14-3-2-4-15(24)19(14)26)12-17-16(25)5-6-18(28-17)29-22-27-8-10-34-22/h3-7,10,15H,8-9,11-13H2,1-2H3,(H,34,35)(H,29,30,31);3-7,9,11,16H,2,8,10,12-14H2,1H3,(H,35,36)(H,31,32,33);3-7,12-13H,8-11H2,1-2H3,(H,33,34)(H,28,29,30);2-6,8,10,13H,7,9,11-12H2,1H3,(H,32,33)(H,27,28,29). The number of carboxylic acid groups (broad SMARTS) is 4. The van der Waals surface area contributed by atoms with Gasteiger partial charge in [-0.15, -0.1) is 47.2 Å². The van der Waals surface area contributed by atoms with Gasteiger partial charge in [-0.25, -0.2) is 70.0 Å². The average Bonchev–Trinajstić information content (AvgIpc) is 0.956. The number of hydrogen-bond donors (Lipinski definition) is 8. The van der Waals surface area contributed by atoms with Gasteiger partial charge in [0.05, 0.1) is 82.7 Å². The molecule has 11 aromatic rings. The molecule has 0 spiro atoms. The van der Waals surface area contributed by atoms with Gasteiger partial charge in [-0.3, -0.25) is 43.5 Å². The highest BCUT2D eigenvalue weighted by atomic mass is 35.5. The van der Waals surface area contributed by atoms with Crippen molar-refractivity contribution >= 4 is 155 Å². The number of pyridine rings is 4. The second kappa shape index (κ2) is 45.6. The normalized spacial score (nSPS) is 20.6. The Kier molecular flexibility index (Phi) is 34.2. The summed E-state index contributed by atoms with van der Waals surface area (Å²) in [4.78, 5) is 130. The van der Waals surface area contributed by atoms with Crippen molar-refractivity contribution in [3.05, 3.63) is 274 Å². The molecule has 16 rings (SSSR count). The van der Waals surface area contributed by atoms with Crippen molar-refractivity contribution in [3.8, 4) is 5.75 Å². The fourth-order valence-corrected chi connectivity index (χ4v) is 20.3. The second-order valence-corrected chi connectivity index (χ2v) is 39.4. The molecule has 8 atom stereocenters. The molecule has 0 radical (unpaired) electrons. The van der Waals surface area contributed by atoms with Gasteiger partial charge in [-0.05, 0) is 202 Å². The van der Waals surface area contributed by atoms with Gasteiger partial charge in [0.2, 0.25) is 0 Å². The van der Waals surface area contributed by atoms with E-state index in [1.165, 1.54) is 164 Å². The van der Waals surface area contributed by atoms with Crippen LogP contribution in [0.25, 0.3) is 0 Å². The molecule has 3 amide bonds. The molecule has 7 aromatic heterocycles. The number of amidine groups is 1. The average molecular weight is 2090 g/mol. The maximum atomic E-state index is 14.8. The SMILES string of the molecule is CC1=CC(Nc2ccc(F)c(CC3(C(=O)O)CCN(C(=O)c4cccc(Cl)c4F)C(C)C3)n2)=NC1.CC1CC(Cc2nc(Nc3nccs3)ccc2F)(C(=O)O)CCN1C(=O)c1cccc(Cl)c1F.CCC1CC(Cc2nc(Nc3nccs3)ccc2F)(C(=O)O)CCN1Cc1cccc(OC(F)(F)F)c1F.Cc1cnc(Nc2ccc(F)c(CC3(C(=O)O)CCN(C(=O)c4cccc(Cl)c4F)C(C)C3)n2)s1. The molecule has 45 heteroatoms. The zero-order valence-electron chi connectivity index (χ0n) is 76.7. The van der Waals surface area contributed by atoms with Crippen LogP contribution in [0.5, 0.6) is 5.75 Å². The van der Waals surface area contributed by atoms with E-state index in [-0.39, 0.29) is 176 Å². The number of anilines is 7. The van der Waals surface area contributed by atoms with Crippen molar-refractivity contribution in [1.82, 2.24) is 54.5 Å². The monoisotopic (exact) mass is 2080 g/mol. The van der Waals surface area contributed by atoms with E-state index in [0.29, 0.717) is 57.5 Å². The minimum absolute atomic E-state index is 0.000282. The summed E-state index contributed by atoms with van der Waals surface area (Å²) < 4.78 is 158. The van der Waals surface area contributed by atoms with Gasteiger partial charge < -0.3 is 61.1 Å². The first-order chi connectivity index (χ1) is 67.4. The molecule has 8 N–H and O–H groups in total. The van der Waals surface area contributed by atoms with E-state index >= 15 is 0 Å². The first kappa shape index (κ1) is 106. The Balaban J connectivity index is 0.000000159. The topological polar surface area (TPSA) is 373 Å². The molecule has 0 saturated carbocycles. The quantitative estimate of drug-likeness (QED) is 0.0233. The lowest BCUT2D eigenvalue weighted by Crippen LogP contribution is -2.52. The summed E-state index contributed by atoms with van der Waals surface area (Å²) in [5, 5.41) is 57.3. The van der Waals surface area contributed by atoms with Gasteiger partial charge in [-0.2, -0.15) is 0 Å². The highest BCUT2D eigenvalue weighted by Crippen LogP contribution is 2.47. The number of benzene rings is 4. The minimum atomic E-state index is -5.03. The molecule has 4 saturated heterocycles. The van der Waals surface area contributed by atoms with Crippen molar-refractivity contribution < 1.29 is 107 Å². The van der Waals surface area contributed by atoms with Crippen LogP contribution in [0.3, 0.4) is 0 Å². The van der Waals surface area contributed by atoms with Crippen LogP contribution in [0.2, 0.25) is 15.1 Å². The summed E-state index contributed by atoms with van der Waals surface area (Å²) in [6.45, 7) is 11.7. The third-order valence-electron chi connectivity index (χ3n) is 25.5. The van der Waals surface area contributed by atoms with Crippen molar-refractivity contribution in [2.45, 2.75) is 162 Å². The summed E-state index contributed by atoms with van der Waals surface area (Å²) in [5.74, 6) is -11.0. The van der Waals surface area contributed by atoms with Gasteiger partial charge in [0.15, 0.2) is 44.4 Å². The number of aliphatic carboxylic acids is 4. The third kappa shape index (κ3) is 25.4. The van der Waals surface area contributed by atoms with Crippen molar-refractivity contribution in [1.29, 1.82) is 0 Å². The number of ether oxygens (including phenoxy) is 1. The van der Waals surface area contributed by atoms with E-state index < -0.39 is 140 Å². The molecule has 28 nitrogen and oxygen atoms in total. The molecule has 0 aliphatic carbocycles. The first-order valence-electron chi connectivity index (χ1n) is 44.5. The molecule has 750 valence electrons. The second-order valence-electron chi connectivity index (χ2n) is 35.2. The third-order valence-corrected chi connectivity index (χ3v) is 28.5. The molecular formula is C97H94Cl3F11N16O12S3. The van der Waals surface area contributed by atoms with E-state index in [2.05, 4.69) is 65.9 Å². The molecule has 12 heterocycles. The van der Waals surface area contributed by atoms with Gasteiger partial charge in [0.25, 0.3) is 17.7 Å². The summed E-state index contributed by atoms with van der Waals surface area (Å²) in [6, 6.07) is 24.9. The number of amides is 3. The number of nitrogens with one attached hydrogen (secondary N) is 4. The zero-order valence-corrected chi connectivity index (χ0v) is 81.4. The molecule has 4 fully saturated rings. The molecule has 0 bridgehead atoms. The van der Waals surface area contributed by atoms with Crippen LogP contribution < -0.4 is 26.0 Å². The lowest BCUT2D eigenvalue weighted by atomic mass is 9.71. The number of likely N-dealkylation sites (tertiary alicyclic amines) is 4. The Labute approximate surface area is 833 Å². The van der Waals surface area contributed by atoms with Crippen LogP contribution in [0.15, 0.2) is 167 Å². The van der Waals surface area contributed by atoms with Crippen LogP contribution in [0.4, 0.5) is 87.0 Å². The highest BCUT2D eigenvalue weighted by Gasteiger charge is 2.52. The van der Waals surface area contributed by atoms with Crippen molar-refractivity contribution in [2.24, 2.45) is 26.7 Å². The number of halogens is 14. The predicted molar refractivity (Wildman–Crippen MR) is 513 cm³/mol. The Morgan fingerprint density at radius 1 is 0.465 bits per heavy atom. The van der Waals surface area contributed by atoms with E-state index in [0.717, 1.165) is 16.5 Å². The molecular weight excluding hydrogens is 1990 g/mol. The van der Waals surface area contributed by atoms with Gasteiger partial charge >= 0.3 is 30.2 Å². The fraction of sp³-hybridized carbons (Fsp3) is 0.351. The van der Waals surface area contributed by atoms with E-state index in [1.54, 1.807) is 50.1 Å². The van der Waals surface area contributed by atoms with Crippen LogP contribution >= 0.6 is 68.8 Å². The fourth-order valence-electron chi connectivity index (χ4n) is 18.1. The zero-order chi connectivity index (χ0) is 103. The number of carbonyl (C=O) groups excluding carboxylic acids is 3. The minimum Gasteiger partial charge on any atom is -0.481 e. The Morgan fingerprint density at radius 3 is 1.15 bits per heavy atom. The van der Waals surface area contributed by atoms with E-state index in [4.69, 9.17) is 34.8 Å². The Hall–Kier alpha value is -12.9. The lowest BCUT2D eigenvalue weighted by Gasteiger charge is -2.44. The maximum Gasteiger partial charge on any atom is 0.573 e. The van der Waals surface area contributed by atoms with Crippen LogP contribution in [-0.4, -0.2) is 186 Å². The number of thiazole rings is 3. The smallest absolute Gasteiger partial charge is 0.481 e. The summed E-state index contributed by atoms with van der Waals surface area (Å²) in [6.07, 6.45) is 2.22. The van der Waals surface area contributed by atoms with Crippen LogP contribution in [0, 0.1) is 75.1 Å². The number of piperidine rings is 4. The van der Waals surface area contributed by atoms with Gasteiger partial charge in [0.1, 0.15) is 52.4 Å². The first-order valence-corrected chi connectivity index (χ1v) is 48.2. The number of carboxylic acids is 4. The maximum absolute atomic E-state index is 14.8. The van der Waals surface area contributed by atoms with Gasteiger partial charge in [-0.1, -0.05) is 72.1 Å². The van der Waals surface area contributed by atoms with Gasteiger partial charge in [0, 0.05) is 116 Å².